The zero-order valence-electron chi connectivity index (χ0n) is 34.3. The Labute approximate surface area is 358 Å². The van der Waals surface area contributed by atoms with E-state index < -0.39 is 8.07 Å². The molecule has 0 aliphatic heterocycles. The SMILES string of the molecule is CC(C)c1cccc(C(C)C)c1-n1c(-c2[c-]cc3sc4ccccc4c3c2)nc2ccccc21.C[Si](C)(C)c1cnc(-c2[c-]cccc2)cc1C1CCCCC1.[Ir]. The average molecular weight is 960 g/mol. The third-order valence-electron chi connectivity index (χ3n) is 11.5. The topological polar surface area (TPSA) is 30.7 Å². The number of benzene rings is 5. The molecule has 1 fully saturated rings. The Morgan fingerprint density at radius 2 is 1.42 bits per heavy atom. The first-order valence-corrected chi connectivity index (χ1v) is 24.8. The summed E-state index contributed by atoms with van der Waals surface area (Å²) in [5.74, 6) is 2.49. The van der Waals surface area contributed by atoms with Crippen LogP contribution in [-0.2, 0) is 20.1 Å². The molecule has 0 amide bonds. The first-order valence-electron chi connectivity index (χ1n) is 20.5. The minimum absolute atomic E-state index is 0. The van der Waals surface area contributed by atoms with Crippen LogP contribution in [0, 0.1) is 12.1 Å². The summed E-state index contributed by atoms with van der Waals surface area (Å²) in [6.07, 6.45) is 9.03. The van der Waals surface area contributed by atoms with E-state index in [0.717, 1.165) is 39.6 Å². The van der Waals surface area contributed by atoms with E-state index >= 15 is 0 Å². The number of fused-ring (bicyclic) bond motifs is 4. The van der Waals surface area contributed by atoms with Gasteiger partial charge in [-0.1, -0.05) is 132 Å². The standard InChI is InChI=1S/C31H27N2S.C20H26NSi.Ir/c1-19(2)22-11-9-12-23(20(3)4)30(22)33-27-14-7-6-13-26(27)32-31(33)21-16-17-29-25(18-21)24-10-5-8-15-28(24)34-29;1-22(2,3)20-15-21-19(17-12-8-5-9-13-17)14-18(20)16-10-6-4-7-11-16;/h5-15,17-20H,1-4H3;5,8-9,12,14-16H,4,6-7,10-11H2,1-3H3;/q2*-1;. The van der Waals surface area contributed by atoms with Crippen molar-refractivity contribution in [2.24, 2.45) is 0 Å². The van der Waals surface area contributed by atoms with Crippen LogP contribution in [0.15, 0.2) is 115 Å². The molecule has 0 bridgehead atoms. The summed E-state index contributed by atoms with van der Waals surface area (Å²) in [7, 11) is -1.36. The molecule has 1 saturated carbocycles. The number of hydrogen-bond donors (Lipinski definition) is 0. The third-order valence-corrected chi connectivity index (χ3v) is 14.6. The Kier molecular flexibility index (Phi) is 12.5. The van der Waals surface area contributed by atoms with E-state index in [2.05, 4.69) is 167 Å². The van der Waals surface area contributed by atoms with Gasteiger partial charge in [0.1, 0.15) is 0 Å². The fourth-order valence-electron chi connectivity index (χ4n) is 8.55. The van der Waals surface area contributed by atoms with E-state index in [4.69, 9.17) is 9.97 Å². The van der Waals surface area contributed by atoms with E-state index in [-0.39, 0.29) is 20.1 Å². The Balaban J connectivity index is 0.000000188. The van der Waals surface area contributed by atoms with Gasteiger partial charge in [-0.15, -0.1) is 59.7 Å². The van der Waals surface area contributed by atoms with E-state index in [1.165, 1.54) is 69.1 Å². The molecule has 0 unspecified atom stereocenters. The smallest absolute Gasteiger partial charge is 0.0799 e. The summed E-state index contributed by atoms with van der Waals surface area (Å²) in [6.45, 7) is 16.4. The minimum atomic E-state index is -1.36. The number of thiophene rings is 1. The van der Waals surface area contributed by atoms with E-state index in [1.807, 2.05) is 23.5 Å². The van der Waals surface area contributed by atoms with Crippen molar-refractivity contribution in [3.63, 3.8) is 0 Å². The van der Waals surface area contributed by atoms with Crippen LogP contribution in [0.25, 0.3) is 59.5 Å². The normalized spacial score (nSPS) is 13.6. The molecule has 3 nitrogen and oxygen atoms in total. The molecule has 1 radical (unpaired) electrons. The van der Waals surface area contributed by atoms with Crippen molar-refractivity contribution in [3.8, 4) is 28.3 Å². The summed E-state index contributed by atoms with van der Waals surface area (Å²) < 4.78 is 4.95. The van der Waals surface area contributed by atoms with E-state index in [0.29, 0.717) is 11.8 Å². The molecular weight excluding hydrogens is 907 g/mol. The van der Waals surface area contributed by atoms with Crippen LogP contribution < -0.4 is 5.19 Å². The Bertz CT molecular complexity index is 2600. The molecule has 3 aromatic heterocycles. The van der Waals surface area contributed by atoms with Crippen LogP contribution in [0.3, 0.4) is 0 Å². The predicted molar refractivity (Wildman–Crippen MR) is 244 cm³/mol. The largest absolute Gasteiger partial charge is 0.333 e. The van der Waals surface area contributed by atoms with Crippen molar-refractivity contribution in [3.05, 3.63) is 144 Å². The first kappa shape index (κ1) is 41.0. The summed E-state index contributed by atoms with van der Waals surface area (Å²) in [6, 6.07) is 45.7. The summed E-state index contributed by atoms with van der Waals surface area (Å²) in [4.78, 5) is 9.94. The van der Waals surface area contributed by atoms with Crippen LogP contribution in [0.2, 0.25) is 19.6 Å². The van der Waals surface area contributed by atoms with Gasteiger partial charge in [-0.05, 0) is 80.9 Å². The maximum Gasteiger partial charge on any atom is 0.0799 e. The Morgan fingerprint density at radius 3 is 2.12 bits per heavy atom. The number of para-hydroxylation sites is 3. The van der Waals surface area contributed by atoms with Gasteiger partial charge in [0.05, 0.1) is 24.9 Å². The van der Waals surface area contributed by atoms with Crippen LogP contribution in [0.4, 0.5) is 0 Å². The maximum atomic E-state index is 5.17. The van der Waals surface area contributed by atoms with Crippen LogP contribution in [0.5, 0.6) is 0 Å². The van der Waals surface area contributed by atoms with Crippen LogP contribution >= 0.6 is 11.3 Å². The van der Waals surface area contributed by atoms with E-state index in [9.17, 15) is 0 Å². The monoisotopic (exact) mass is 960 g/mol. The molecule has 9 rings (SSSR count). The van der Waals surface area contributed by atoms with Crippen molar-refractivity contribution in [1.82, 2.24) is 14.5 Å². The summed E-state index contributed by atoms with van der Waals surface area (Å²) in [5, 5.41) is 4.12. The second-order valence-corrected chi connectivity index (χ2v) is 23.2. The minimum Gasteiger partial charge on any atom is -0.333 e. The molecule has 1 aliphatic rings. The Hall–Kier alpha value is -4.19. The van der Waals surface area contributed by atoms with Gasteiger partial charge in [-0.25, -0.2) is 0 Å². The number of imidazole rings is 1. The molecule has 5 aromatic carbocycles. The van der Waals surface area contributed by atoms with Crippen molar-refractivity contribution < 1.29 is 20.1 Å². The van der Waals surface area contributed by atoms with Crippen molar-refractivity contribution in [1.29, 1.82) is 0 Å². The molecule has 0 spiro atoms. The molecule has 0 atom stereocenters. The van der Waals surface area contributed by atoms with Crippen LogP contribution in [-0.4, -0.2) is 22.6 Å². The number of nitrogens with zero attached hydrogens (tertiary/aromatic N) is 3. The second kappa shape index (κ2) is 17.3. The number of pyridine rings is 1. The number of hydrogen-bond acceptors (Lipinski definition) is 3. The van der Waals surface area contributed by atoms with Crippen molar-refractivity contribution >= 4 is 55.8 Å². The van der Waals surface area contributed by atoms with Gasteiger partial charge in [0, 0.05) is 36.7 Å². The molecule has 0 saturated heterocycles. The molecule has 6 heteroatoms. The summed E-state index contributed by atoms with van der Waals surface area (Å²) in [5.41, 5.74) is 10.9. The number of aromatic nitrogens is 3. The van der Waals surface area contributed by atoms with Gasteiger partial charge in [0.25, 0.3) is 0 Å². The van der Waals surface area contributed by atoms with Gasteiger partial charge < -0.3 is 9.55 Å². The molecule has 0 N–H and O–H groups in total. The fourth-order valence-corrected chi connectivity index (χ4v) is 11.2. The van der Waals surface area contributed by atoms with Gasteiger partial charge in [0.15, 0.2) is 0 Å². The van der Waals surface area contributed by atoms with Crippen molar-refractivity contribution in [2.45, 2.75) is 97.2 Å². The zero-order valence-corrected chi connectivity index (χ0v) is 38.5. The van der Waals surface area contributed by atoms with Crippen LogP contribution in [0.1, 0.15) is 94.2 Å². The Morgan fingerprint density at radius 1 is 0.719 bits per heavy atom. The van der Waals surface area contributed by atoms with E-state index in [1.54, 1.807) is 10.8 Å². The van der Waals surface area contributed by atoms with Crippen molar-refractivity contribution in [2.75, 3.05) is 0 Å². The molecule has 8 aromatic rings. The second-order valence-electron chi connectivity index (χ2n) is 17.1. The average Bonchev–Trinajstić information content (AvgIpc) is 3.79. The maximum absolute atomic E-state index is 5.17. The van der Waals surface area contributed by atoms with Gasteiger partial charge >= 0.3 is 0 Å². The molecular formula is C51H53IrN3SSi-2. The first-order chi connectivity index (χ1) is 27.1. The van der Waals surface area contributed by atoms with Gasteiger partial charge in [-0.3, -0.25) is 4.98 Å². The van der Waals surface area contributed by atoms with Gasteiger partial charge in [0.2, 0.25) is 0 Å². The molecule has 1 aliphatic carbocycles. The molecule has 3 heterocycles. The summed E-state index contributed by atoms with van der Waals surface area (Å²) >= 11 is 1.83. The quantitative estimate of drug-likeness (QED) is 0.118. The van der Waals surface area contributed by atoms with Gasteiger partial charge in [-0.2, -0.15) is 11.3 Å². The zero-order chi connectivity index (χ0) is 39.0. The molecule has 293 valence electrons. The third kappa shape index (κ3) is 8.38. The predicted octanol–water partition coefficient (Wildman–Crippen LogP) is 14.2. The molecule has 57 heavy (non-hydrogen) atoms. The number of rotatable bonds is 7. The fraction of sp³-hybridized carbons (Fsp3) is 0.294.